The molecule has 6 heteroatoms. The summed E-state index contributed by atoms with van der Waals surface area (Å²) in [5, 5.41) is 7.50. The Balaban J connectivity index is 0.00000176. The van der Waals surface area contributed by atoms with Crippen LogP contribution < -0.4 is 10.1 Å². The van der Waals surface area contributed by atoms with Crippen LogP contribution in [0.1, 0.15) is 17.2 Å². The molecule has 120 valence electrons. The molecule has 1 saturated heterocycles. The Labute approximate surface area is 140 Å². The van der Waals surface area contributed by atoms with E-state index in [2.05, 4.69) is 21.7 Å². The smallest absolute Gasteiger partial charge is 0.132 e. The van der Waals surface area contributed by atoms with E-state index in [1.165, 1.54) is 6.07 Å². The van der Waals surface area contributed by atoms with Gasteiger partial charge in [0.1, 0.15) is 11.6 Å². The van der Waals surface area contributed by atoms with Gasteiger partial charge < -0.3 is 10.1 Å². The molecular formula is C16H20ClFN2OS. The maximum Gasteiger partial charge on any atom is 0.132 e. The minimum absolute atomic E-state index is 0. The molecule has 2 heterocycles. The lowest BCUT2D eigenvalue weighted by Crippen LogP contribution is -2.45. The summed E-state index contributed by atoms with van der Waals surface area (Å²) >= 11 is 1.65. The highest BCUT2D eigenvalue weighted by Gasteiger charge is 2.26. The lowest BCUT2D eigenvalue weighted by molar-refractivity contribution is 0.195. The van der Waals surface area contributed by atoms with E-state index in [1.807, 2.05) is 17.5 Å². The van der Waals surface area contributed by atoms with Crippen molar-refractivity contribution in [3.8, 4) is 5.75 Å². The maximum atomic E-state index is 14.5. The van der Waals surface area contributed by atoms with Crippen molar-refractivity contribution in [2.24, 2.45) is 0 Å². The molecule has 1 aromatic heterocycles. The highest BCUT2D eigenvalue weighted by Crippen LogP contribution is 2.33. The van der Waals surface area contributed by atoms with Gasteiger partial charge in [0.25, 0.3) is 0 Å². The van der Waals surface area contributed by atoms with E-state index >= 15 is 0 Å². The number of rotatable bonds is 4. The first-order chi connectivity index (χ1) is 10.3. The van der Waals surface area contributed by atoms with Crippen molar-refractivity contribution in [1.29, 1.82) is 0 Å². The Morgan fingerprint density at radius 3 is 2.64 bits per heavy atom. The monoisotopic (exact) mass is 342 g/mol. The topological polar surface area (TPSA) is 24.5 Å². The third-order valence-electron chi connectivity index (χ3n) is 3.88. The van der Waals surface area contributed by atoms with Crippen LogP contribution in [-0.2, 0) is 0 Å². The molecule has 0 spiro atoms. The van der Waals surface area contributed by atoms with Crippen LogP contribution in [-0.4, -0.2) is 38.2 Å². The van der Waals surface area contributed by atoms with Gasteiger partial charge in [0.05, 0.1) is 13.2 Å². The number of nitrogens with zero attached hydrogens (tertiary/aromatic N) is 1. The van der Waals surface area contributed by atoms with Crippen molar-refractivity contribution in [2.75, 3.05) is 33.3 Å². The first kappa shape index (κ1) is 17.2. The summed E-state index contributed by atoms with van der Waals surface area (Å²) in [5.41, 5.74) is 1.88. The minimum Gasteiger partial charge on any atom is -0.497 e. The second-order valence-corrected chi connectivity index (χ2v) is 5.91. The van der Waals surface area contributed by atoms with Gasteiger partial charge in [0.15, 0.2) is 0 Å². The molecule has 1 N–H and O–H groups in total. The van der Waals surface area contributed by atoms with Crippen molar-refractivity contribution in [3.05, 3.63) is 52.0 Å². The Bertz CT molecular complexity index is 588. The van der Waals surface area contributed by atoms with E-state index in [4.69, 9.17) is 4.74 Å². The average molecular weight is 343 g/mol. The number of hydrogen-bond donors (Lipinski definition) is 1. The quantitative estimate of drug-likeness (QED) is 0.922. The zero-order valence-electron chi connectivity index (χ0n) is 12.4. The van der Waals surface area contributed by atoms with E-state index in [-0.39, 0.29) is 24.3 Å². The van der Waals surface area contributed by atoms with Crippen LogP contribution in [0.15, 0.2) is 35.0 Å². The minimum atomic E-state index is -0.205. The number of piperazine rings is 1. The van der Waals surface area contributed by atoms with Crippen LogP contribution in [0.25, 0.3) is 0 Å². The summed E-state index contributed by atoms with van der Waals surface area (Å²) in [5.74, 6) is 0.352. The van der Waals surface area contributed by atoms with E-state index in [9.17, 15) is 4.39 Å². The fourth-order valence-corrected chi connectivity index (χ4v) is 3.49. The SMILES string of the molecule is COc1ccc([C@H](c2ccsc2)N2CCNCC2)c(F)c1.Cl. The maximum absolute atomic E-state index is 14.5. The molecule has 1 atom stereocenters. The number of ether oxygens (including phenoxy) is 1. The van der Waals surface area contributed by atoms with Gasteiger partial charge in [0, 0.05) is 37.8 Å². The van der Waals surface area contributed by atoms with Crippen molar-refractivity contribution in [3.63, 3.8) is 0 Å². The van der Waals surface area contributed by atoms with E-state index in [1.54, 1.807) is 18.4 Å². The number of hydrogen-bond acceptors (Lipinski definition) is 4. The molecule has 0 unspecified atom stereocenters. The fourth-order valence-electron chi connectivity index (χ4n) is 2.81. The van der Waals surface area contributed by atoms with Crippen LogP contribution in [0.3, 0.4) is 0 Å². The second-order valence-electron chi connectivity index (χ2n) is 5.13. The molecular weight excluding hydrogens is 323 g/mol. The van der Waals surface area contributed by atoms with Crippen LogP contribution in [0.5, 0.6) is 5.75 Å². The van der Waals surface area contributed by atoms with Crippen molar-refractivity contribution < 1.29 is 9.13 Å². The zero-order chi connectivity index (χ0) is 14.7. The highest BCUT2D eigenvalue weighted by molar-refractivity contribution is 7.08. The Morgan fingerprint density at radius 1 is 1.27 bits per heavy atom. The normalized spacial score (nSPS) is 16.8. The van der Waals surface area contributed by atoms with Crippen LogP contribution in [0, 0.1) is 5.82 Å². The van der Waals surface area contributed by atoms with Crippen molar-refractivity contribution in [1.82, 2.24) is 10.2 Å². The predicted octanol–water partition coefficient (Wildman–Crippen LogP) is 3.31. The van der Waals surface area contributed by atoms with Crippen LogP contribution in [0.2, 0.25) is 0 Å². The second kappa shape index (κ2) is 7.92. The number of nitrogens with one attached hydrogen (secondary N) is 1. The molecule has 1 fully saturated rings. The molecule has 0 saturated carbocycles. The molecule has 0 amide bonds. The van der Waals surface area contributed by atoms with Gasteiger partial charge in [-0.1, -0.05) is 6.07 Å². The molecule has 2 aromatic rings. The highest BCUT2D eigenvalue weighted by atomic mass is 35.5. The molecule has 3 rings (SSSR count). The summed E-state index contributed by atoms with van der Waals surface area (Å²) in [6.07, 6.45) is 0. The van der Waals surface area contributed by atoms with Gasteiger partial charge in [-0.2, -0.15) is 11.3 Å². The van der Waals surface area contributed by atoms with Crippen molar-refractivity contribution >= 4 is 23.7 Å². The largest absolute Gasteiger partial charge is 0.497 e. The van der Waals surface area contributed by atoms with Gasteiger partial charge in [-0.05, 0) is 28.5 Å². The third kappa shape index (κ3) is 3.60. The first-order valence-corrected chi connectivity index (χ1v) is 8.04. The molecule has 1 aliphatic rings. The first-order valence-electron chi connectivity index (χ1n) is 7.10. The summed E-state index contributed by atoms with van der Waals surface area (Å²) in [6.45, 7) is 3.73. The summed E-state index contributed by atoms with van der Waals surface area (Å²) in [4.78, 5) is 2.34. The number of thiophene rings is 1. The molecule has 1 aliphatic heterocycles. The number of benzene rings is 1. The Kier molecular flexibility index (Phi) is 6.20. The molecule has 1 aromatic carbocycles. The molecule has 3 nitrogen and oxygen atoms in total. The van der Waals surface area contributed by atoms with Gasteiger partial charge in [-0.3, -0.25) is 4.90 Å². The summed E-state index contributed by atoms with van der Waals surface area (Å²) < 4.78 is 19.6. The van der Waals surface area contributed by atoms with Crippen molar-refractivity contribution in [2.45, 2.75) is 6.04 Å². The molecule has 22 heavy (non-hydrogen) atoms. The average Bonchev–Trinajstić information content (AvgIpc) is 3.04. The van der Waals surface area contributed by atoms with E-state index in [0.29, 0.717) is 5.75 Å². The molecule has 0 bridgehead atoms. The lowest BCUT2D eigenvalue weighted by Gasteiger charge is -2.35. The Morgan fingerprint density at radius 2 is 2.05 bits per heavy atom. The fraction of sp³-hybridized carbons (Fsp3) is 0.375. The van der Waals surface area contributed by atoms with Crippen LogP contribution in [0.4, 0.5) is 4.39 Å². The van der Waals surface area contributed by atoms with Crippen LogP contribution >= 0.6 is 23.7 Å². The molecule has 0 radical (unpaired) electrons. The van der Waals surface area contributed by atoms with Gasteiger partial charge in [-0.25, -0.2) is 4.39 Å². The van der Waals surface area contributed by atoms with Gasteiger partial charge in [0.2, 0.25) is 0 Å². The predicted molar refractivity (Wildman–Crippen MR) is 90.8 cm³/mol. The molecule has 0 aliphatic carbocycles. The van der Waals surface area contributed by atoms with Gasteiger partial charge >= 0.3 is 0 Å². The van der Waals surface area contributed by atoms with Gasteiger partial charge in [-0.15, -0.1) is 12.4 Å². The van der Waals surface area contributed by atoms with E-state index in [0.717, 1.165) is 37.3 Å². The number of halogens is 2. The standard InChI is InChI=1S/C16H19FN2OS.ClH/c1-20-13-2-3-14(15(17)10-13)16(12-4-9-21-11-12)19-7-5-18-6-8-19;/h2-4,9-11,16,18H,5-8H2,1H3;1H/t16-;/m0./s1. The number of methoxy groups -OCH3 is 1. The lowest BCUT2D eigenvalue weighted by atomic mass is 9.98. The third-order valence-corrected chi connectivity index (χ3v) is 4.58. The summed E-state index contributed by atoms with van der Waals surface area (Å²) in [7, 11) is 1.56. The Hall–Kier alpha value is -1.14. The zero-order valence-corrected chi connectivity index (χ0v) is 14.1. The summed E-state index contributed by atoms with van der Waals surface area (Å²) in [6, 6.07) is 7.21. The van der Waals surface area contributed by atoms with E-state index < -0.39 is 0 Å².